The fraction of sp³-hybridized carbons (Fsp3) is 0.400. The summed E-state index contributed by atoms with van der Waals surface area (Å²) in [5.74, 6) is 0. The second kappa shape index (κ2) is 8.12. The van der Waals surface area contributed by atoms with E-state index in [0.29, 0.717) is 0 Å². The van der Waals surface area contributed by atoms with E-state index < -0.39 is 0 Å². The summed E-state index contributed by atoms with van der Waals surface area (Å²) in [6.45, 7) is 8.19. The lowest BCUT2D eigenvalue weighted by molar-refractivity contribution is 0.133. The lowest BCUT2D eigenvalue weighted by Gasteiger charge is -2.35. The van der Waals surface area contributed by atoms with Crippen LogP contribution in [-0.4, -0.2) is 47.0 Å². The topological polar surface area (TPSA) is 48.5 Å². The average Bonchev–Trinajstić information content (AvgIpc) is 2.63. The van der Waals surface area contributed by atoms with Crippen LogP contribution in [0.4, 0.5) is 4.79 Å². The molecule has 1 aromatic heterocycles. The van der Waals surface area contributed by atoms with Crippen LogP contribution in [0.25, 0.3) is 0 Å². The van der Waals surface area contributed by atoms with Gasteiger partial charge in [0.05, 0.1) is 11.7 Å². The Balaban J connectivity index is 1.47. The van der Waals surface area contributed by atoms with E-state index in [1.165, 1.54) is 5.56 Å². The van der Waals surface area contributed by atoms with E-state index in [9.17, 15) is 4.79 Å². The number of aromatic nitrogens is 1. The summed E-state index contributed by atoms with van der Waals surface area (Å²) < 4.78 is 0. The van der Waals surface area contributed by atoms with Crippen LogP contribution in [0.2, 0.25) is 0 Å². The van der Waals surface area contributed by atoms with Crippen molar-refractivity contribution in [2.45, 2.75) is 26.4 Å². The number of pyridine rings is 1. The van der Waals surface area contributed by atoms with Crippen LogP contribution in [-0.2, 0) is 6.54 Å². The standard InChI is InChI=1S/C20H26N4O/c1-16-6-8-18(9-7-16)17(2)22-20(25)24-13-11-23(12-14-24)15-19-5-3-4-10-21-19/h3-10,17H,11-15H2,1-2H3,(H,22,25). The molecule has 25 heavy (non-hydrogen) atoms. The number of nitrogens with zero attached hydrogens (tertiary/aromatic N) is 3. The summed E-state index contributed by atoms with van der Waals surface area (Å²) in [7, 11) is 0. The number of hydrogen-bond donors (Lipinski definition) is 1. The van der Waals surface area contributed by atoms with Crippen molar-refractivity contribution in [3.63, 3.8) is 0 Å². The van der Waals surface area contributed by atoms with Gasteiger partial charge in [-0.2, -0.15) is 0 Å². The average molecular weight is 338 g/mol. The summed E-state index contributed by atoms with van der Waals surface area (Å²) in [5, 5.41) is 3.11. The zero-order chi connectivity index (χ0) is 17.6. The first-order chi connectivity index (χ1) is 12.1. The van der Waals surface area contributed by atoms with Crippen molar-refractivity contribution >= 4 is 6.03 Å². The Morgan fingerprint density at radius 2 is 1.84 bits per heavy atom. The van der Waals surface area contributed by atoms with E-state index in [-0.39, 0.29) is 12.1 Å². The minimum atomic E-state index is 0.0136. The van der Waals surface area contributed by atoms with E-state index >= 15 is 0 Å². The number of benzene rings is 1. The number of nitrogens with one attached hydrogen (secondary N) is 1. The van der Waals surface area contributed by atoms with Crippen LogP contribution in [0.3, 0.4) is 0 Å². The number of rotatable bonds is 4. The fourth-order valence-corrected chi connectivity index (χ4v) is 3.04. The third-order valence-electron chi connectivity index (χ3n) is 4.69. The Morgan fingerprint density at radius 1 is 1.12 bits per heavy atom. The van der Waals surface area contributed by atoms with Crippen molar-refractivity contribution < 1.29 is 4.79 Å². The van der Waals surface area contributed by atoms with Crippen molar-refractivity contribution in [3.05, 3.63) is 65.5 Å². The van der Waals surface area contributed by atoms with Gasteiger partial charge in [0.15, 0.2) is 0 Å². The molecule has 1 N–H and O–H groups in total. The van der Waals surface area contributed by atoms with E-state index in [1.807, 2.05) is 36.2 Å². The molecular weight excluding hydrogens is 312 g/mol. The third kappa shape index (κ3) is 4.79. The molecule has 2 amide bonds. The van der Waals surface area contributed by atoms with Gasteiger partial charge in [0.2, 0.25) is 0 Å². The van der Waals surface area contributed by atoms with Gasteiger partial charge in [-0.25, -0.2) is 4.79 Å². The Kier molecular flexibility index (Phi) is 5.66. The molecular formula is C20H26N4O. The maximum atomic E-state index is 12.5. The molecule has 1 aliphatic heterocycles. The first-order valence-corrected chi connectivity index (χ1v) is 8.86. The van der Waals surface area contributed by atoms with Crippen molar-refractivity contribution in [1.82, 2.24) is 20.1 Å². The molecule has 2 aromatic rings. The number of hydrogen-bond acceptors (Lipinski definition) is 3. The number of urea groups is 1. The highest BCUT2D eigenvalue weighted by Gasteiger charge is 2.22. The van der Waals surface area contributed by atoms with Gasteiger partial charge < -0.3 is 10.2 Å². The van der Waals surface area contributed by atoms with Gasteiger partial charge in [-0.15, -0.1) is 0 Å². The van der Waals surface area contributed by atoms with Gasteiger partial charge in [0.25, 0.3) is 0 Å². The highest BCUT2D eigenvalue weighted by atomic mass is 16.2. The van der Waals surface area contributed by atoms with Gasteiger partial charge in [-0.1, -0.05) is 35.9 Å². The maximum absolute atomic E-state index is 12.5. The zero-order valence-corrected chi connectivity index (χ0v) is 15.0. The second-order valence-electron chi connectivity index (χ2n) is 6.67. The van der Waals surface area contributed by atoms with Crippen LogP contribution >= 0.6 is 0 Å². The molecule has 0 saturated carbocycles. The molecule has 1 atom stereocenters. The van der Waals surface area contributed by atoms with Crippen LogP contribution in [0, 0.1) is 6.92 Å². The smallest absolute Gasteiger partial charge is 0.317 e. The van der Waals surface area contributed by atoms with Crippen molar-refractivity contribution in [3.8, 4) is 0 Å². The van der Waals surface area contributed by atoms with Crippen molar-refractivity contribution in [1.29, 1.82) is 0 Å². The van der Waals surface area contributed by atoms with Gasteiger partial charge in [0.1, 0.15) is 0 Å². The highest BCUT2D eigenvalue weighted by Crippen LogP contribution is 2.14. The summed E-state index contributed by atoms with van der Waals surface area (Å²) in [6.07, 6.45) is 1.82. The molecule has 132 valence electrons. The molecule has 3 rings (SSSR count). The second-order valence-corrected chi connectivity index (χ2v) is 6.67. The third-order valence-corrected chi connectivity index (χ3v) is 4.69. The van der Waals surface area contributed by atoms with E-state index in [2.05, 4.69) is 46.4 Å². The SMILES string of the molecule is Cc1ccc(C(C)NC(=O)N2CCN(Cc3ccccn3)CC2)cc1. The summed E-state index contributed by atoms with van der Waals surface area (Å²) in [5.41, 5.74) is 3.44. The molecule has 1 fully saturated rings. The molecule has 1 aromatic carbocycles. The number of piperazine rings is 1. The molecule has 5 nitrogen and oxygen atoms in total. The minimum Gasteiger partial charge on any atom is -0.331 e. The normalized spacial score (nSPS) is 16.5. The zero-order valence-electron chi connectivity index (χ0n) is 15.0. The molecule has 0 spiro atoms. The molecule has 5 heteroatoms. The van der Waals surface area contributed by atoms with Crippen LogP contribution < -0.4 is 5.32 Å². The number of carbonyl (C=O) groups is 1. The van der Waals surface area contributed by atoms with E-state index in [4.69, 9.17) is 0 Å². The predicted octanol–water partition coefficient (Wildman–Crippen LogP) is 2.98. The van der Waals surface area contributed by atoms with Gasteiger partial charge in [-0.05, 0) is 31.5 Å². The van der Waals surface area contributed by atoms with Gasteiger partial charge in [-0.3, -0.25) is 9.88 Å². The molecule has 0 aliphatic carbocycles. The van der Waals surface area contributed by atoms with Crippen molar-refractivity contribution in [2.75, 3.05) is 26.2 Å². The molecule has 2 heterocycles. The Hall–Kier alpha value is -2.40. The molecule has 1 aliphatic rings. The quantitative estimate of drug-likeness (QED) is 0.932. The van der Waals surface area contributed by atoms with Crippen LogP contribution in [0.15, 0.2) is 48.7 Å². The van der Waals surface area contributed by atoms with E-state index in [1.54, 1.807) is 0 Å². The van der Waals surface area contributed by atoms with Gasteiger partial charge in [0, 0.05) is 38.9 Å². The first kappa shape index (κ1) is 17.4. The van der Waals surface area contributed by atoms with Crippen LogP contribution in [0.1, 0.15) is 29.8 Å². The summed E-state index contributed by atoms with van der Waals surface area (Å²) in [4.78, 5) is 21.1. The maximum Gasteiger partial charge on any atom is 0.317 e. The Morgan fingerprint density at radius 3 is 2.48 bits per heavy atom. The van der Waals surface area contributed by atoms with Gasteiger partial charge >= 0.3 is 6.03 Å². The van der Waals surface area contributed by atoms with Crippen molar-refractivity contribution in [2.24, 2.45) is 0 Å². The predicted molar refractivity (Wildman–Crippen MR) is 99.2 cm³/mol. The first-order valence-electron chi connectivity index (χ1n) is 8.86. The van der Waals surface area contributed by atoms with Crippen LogP contribution in [0.5, 0.6) is 0 Å². The number of aryl methyl sites for hydroxylation is 1. The molecule has 1 unspecified atom stereocenters. The molecule has 0 bridgehead atoms. The molecule has 1 saturated heterocycles. The summed E-state index contributed by atoms with van der Waals surface area (Å²) in [6, 6.07) is 14.3. The fourth-order valence-electron chi connectivity index (χ4n) is 3.04. The minimum absolute atomic E-state index is 0.0136. The Labute approximate surface area is 149 Å². The number of carbonyl (C=O) groups excluding carboxylic acids is 1. The molecule has 0 radical (unpaired) electrons. The monoisotopic (exact) mass is 338 g/mol. The highest BCUT2D eigenvalue weighted by molar-refractivity contribution is 5.74. The largest absolute Gasteiger partial charge is 0.331 e. The lowest BCUT2D eigenvalue weighted by atomic mass is 10.1. The summed E-state index contributed by atoms with van der Waals surface area (Å²) >= 11 is 0. The number of amides is 2. The van der Waals surface area contributed by atoms with E-state index in [0.717, 1.165) is 44.0 Å². The Bertz CT molecular complexity index is 679. The lowest BCUT2D eigenvalue weighted by Crippen LogP contribution is -2.51.